The molecule has 1 aromatic carbocycles. The van der Waals surface area contributed by atoms with Crippen LogP contribution in [-0.2, 0) is 6.54 Å². The van der Waals surface area contributed by atoms with E-state index in [0.29, 0.717) is 6.61 Å². The van der Waals surface area contributed by atoms with E-state index < -0.39 is 0 Å². The molecule has 0 aromatic heterocycles. The molecule has 1 heterocycles. The van der Waals surface area contributed by atoms with Crippen molar-refractivity contribution in [3.63, 3.8) is 0 Å². The number of piperidine rings is 1. The highest BCUT2D eigenvalue weighted by atomic mass is 19.1. The summed E-state index contributed by atoms with van der Waals surface area (Å²) in [6.45, 7) is 5.38. The van der Waals surface area contributed by atoms with Crippen molar-refractivity contribution in [1.82, 2.24) is 4.90 Å². The lowest BCUT2D eigenvalue weighted by Crippen LogP contribution is -2.41. The fourth-order valence-corrected chi connectivity index (χ4v) is 2.66. The van der Waals surface area contributed by atoms with Gasteiger partial charge in [0, 0.05) is 13.2 Å². The summed E-state index contributed by atoms with van der Waals surface area (Å²) in [5.74, 6) is -0.178. The van der Waals surface area contributed by atoms with E-state index >= 15 is 0 Å². The Balaban J connectivity index is 1.88. The van der Waals surface area contributed by atoms with Crippen molar-refractivity contribution in [2.75, 3.05) is 19.7 Å². The third-order valence-electron chi connectivity index (χ3n) is 4.32. The van der Waals surface area contributed by atoms with Crippen LogP contribution in [0.3, 0.4) is 0 Å². The number of rotatable bonds is 4. The van der Waals surface area contributed by atoms with E-state index in [0.717, 1.165) is 44.5 Å². The first kappa shape index (κ1) is 13.5. The van der Waals surface area contributed by atoms with Crippen LogP contribution < -0.4 is 0 Å². The normalized spacial score (nSPS) is 19.9. The molecule has 1 aliphatic heterocycles. The van der Waals surface area contributed by atoms with E-state index in [1.807, 2.05) is 12.1 Å². The molecule has 1 N–H and O–H groups in total. The van der Waals surface area contributed by atoms with Crippen LogP contribution in [0.15, 0.2) is 24.3 Å². The molecule has 0 aliphatic carbocycles. The second kappa shape index (κ2) is 5.81. The summed E-state index contributed by atoms with van der Waals surface area (Å²) >= 11 is 0. The Kier molecular flexibility index (Phi) is 4.36. The van der Waals surface area contributed by atoms with E-state index in [9.17, 15) is 9.50 Å². The highest BCUT2D eigenvalue weighted by Gasteiger charge is 2.32. The summed E-state index contributed by atoms with van der Waals surface area (Å²) in [5, 5.41) is 9.49. The molecule has 3 heteroatoms. The molecule has 0 saturated carbocycles. The zero-order valence-corrected chi connectivity index (χ0v) is 11.0. The van der Waals surface area contributed by atoms with Crippen LogP contribution in [0.5, 0.6) is 0 Å². The van der Waals surface area contributed by atoms with Crippen molar-refractivity contribution in [3.8, 4) is 0 Å². The van der Waals surface area contributed by atoms with E-state index in [2.05, 4.69) is 11.8 Å². The fourth-order valence-electron chi connectivity index (χ4n) is 2.66. The first-order valence-corrected chi connectivity index (χ1v) is 6.75. The molecule has 0 amide bonds. The van der Waals surface area contributed by atoms with Crippen molar-refractivity contribution in [2.45, 2.75) is 32.7 Å². The van der Waals surface area contributed by atoms with Crippen molar-refractivity contribution in [1.29, 1.82) is 0 Å². The van der Waals surface area contributed by atoms with Gasteiger partial charge in [0.2, 0.25) is 0 Å². The van der Waals surface area contributed by atoms with E-state index in [1.165, 1.54) is 12.1 Å². The quantitative estimate of drug-likeness (QED) is 0.889. The topological polar surface area (TPSA) is 23.5 Å². The number of hydrogen-bond acceptors (Lipinski definition) is 2. The highest BCUT2D eigenvalue weighted by molar-refractivity contribution is 5.16. The molecule has 0 unspecified atom stereocenters. The number of likely N-dealkylation sites (tertiary alicyclic amines) is 1. The van der Waals surface area contributed by atoms with Crippen molar-refractivity contribution in [3.05, 3.63) is 35.6 Å². The molecule has 1 saturated heterocycles. The van der Waals surface area contributed by atoms with Gasteiger partial charge in [0.05, 0.1) is 0 Å². The maximum atomic E-state index is 12.8. The number of benzene rings is 1. The summed E-state index contributed by atoms with van der Waals surface area (Å²) < 4.78 is 12.8. The van der Waals surface area contributed by atoms with Gasteiger partial charge in [-0.1, -0.05) is 19.1 Å². The molecular formula is C15H22FNO. The second-order valence-electron chi connectivity index (χ2n) is 5.41. The Morgan fingerprint density at radius 2 is 1.83 bits per heavy atom. The van der Waals surface area contributed by atoms with Gasteiger partial charge in [-0.2, -0.15) is 0 Å². The fraction of sp³-hybridized carbons (Fsp3) is 0.600. The van der Waals surface area contributed by atoms with Gasteiger partial charge in [0.1, 0.15) is 5.82 Å². The number of hydrogen-bond donors (Lipinski definition) is 1. The van der Waals surface area contributed by atoms with Crippen LogP contribution in [0, 0.1) is 11.2 Å². The van der Waals surface area contributed by atoms with E-state index in [-0.39, 0.29) is 11.2 Å². The lowest BCUT2D eigenvalue weighted by Gasteiger charge is -2.40. The molecule has 18 heavy (non-hydrogen) atoms. The lowest BCUT2D eigenvalue weighted by atomic mass is 9.77. The predicted octanol–water partition coefficient (Wildman–Crippen LogP) is 2.81. The highest BCUT2D eigenvalue weighted by Crippen LogP contribution is 2.34. The molecule has 0 radical (unpaired) electrons. The summed E-state index contributed by atoms with van der Waals surface area (Å²) in [4.78, 5) is 2.39. The van der Waals surface area contributed by atoms with Crippen LogP contribution in [0.25, 0.3) is 0 Å². The average molecular weight is 251 g/mol. The standard InChI is InChI=1S/C15H22FNO/c1-2-15(12-18)7-9-17(10-8-15)11-13-3-5-14(16)6-4-13/h3-6,18H,2,7-12H2,1H3. The second-order valence-corrected chi connectivity index (χ2v) is 5.41. The lowest BCUT2D eigenvalue weighted by molar-refractivity contribution is 0.0382. The third kappa shape index (κ3) is 3.09. The molecule has 1 aliphatic rings. The zero-order chi connectivity index (χ0) is 13.0. The van der Waals surface area contributed by atoms with Gasteiger partial charge in [-0.05, 0) is 55.5 Å². The van der Waals surface area contributed by atoms with Crippen molar-refractivity contribution >= 4 is 0 Å². The van der Waals surface area contributed by atoms with Crippen molar-refractivity contribution in [2.24, 2.45) is 5.41 Å². The van der Waals surface area contributed by atoms with Gasteiger partial charge in [-0.15, -0.1) is 0 Å². The molecule has 1 fully saturated rings. The number of aliphatic hydroxyl groups excluding tert-OH is 1. The molecule has 0 bridgehead atoms. The van der Waals surface area contributed by atoms with Crippen LogP contribution in [0.1, 0.15) is 31.7 Å². The van der Waals surface area contributed by atoms with Gasteiger partial charge in [-0.3, -0.25) is 4.90 Å². The molecule has 1 aromatic rings. The van der Waals surface area contributed by atoms with Gasteiger partial charge in [0.15, 0.2) is 0 Å². The Bertz CT molecular complexity index is 363. The molecule has 0 atom stereocenters. The predicted molar refractivity (Wildman–Crippen MR) is 70.7 cm³/mol. The van der Waals surface area contributed by atoms with Crippen LogP contribution in [0.2, 0.25) is 0 Å². The number of nitrogens with zero attached hydrogens (tertiary/aromatic N) is 1. The largest absolute Gasteiger partial charge is 0.396 e. The average Bonchev–Trinajstić information content (AvgIpc) is 2.43. The third-order valence-corrected chi connectivity index (χ3v) is 4.32. The summed E-state index contributed by atoms with van der Waals surface area (Å²) in [6, 6.07) is 6.73. The minimum atomic E-state index is -0.178. The molecular weight excluding hydrogens is 229 g/mol. The Labute approximate surface area is 108 Å². The zero-order valence-electron chi connectivity index (χ0n) is 11.0. The van der Waals surface area contributed by atoms with Crippen molar-refractivity contribution < 1.29 is 9.50 Å². The van der Waals surface area contributed by atoms with Crippen LogP contribution in [-0.4, -0.2) is 29.7 Å². The minimum Gasteiger partial charge on any atom is -0.396 e. The summed E-state index contributed by atoms with van der Waals surface area (Å²) in [5.41, 5.74) is 1.30. The Morgan fingerprint density at radius 1 is 1.22 bits per heavy atom. The number of aliphatic hydroxyl groups is 1. The number of halogens is 1. The van der Waals surface area contributed by atoms with Gasteiger partial charge in [-0.25, -0.2) is 4.39 Å². The maximum Gasteiger partial charge on any atom is 0.123 e. The van der Waals surface area contributed by atoms with E-state index in [1.54, 1.807) is 0 Å². The van der Waals surface area contributed by atoms with Crippen LogP contribution in [0.4, 0.5) is 4.39 Å². The monoisotopic (exact) mass is 251 g/mol. The smallest absolute Gasteiger partial charge is 0.123 e. The first-order valence-electron chi connectivity index (χ1n) is 6.75. The van der Waals surface area contributed by atoms with Gasteiger partial charge < -0.3 is 5.11 Å². The molecule has 2 nitrogen and oxygen atoms in total. The Morgan fingerprint density at radius 3 is 2.33 bits per heavy atom. The minimum absolute atomic E-state index is 0.138. The summed E-state index contributed by atoms with van der Waals surface area (Å²) in [6.07, 6.45) is 3.16. The van der Waals surface area contributed by atoms with Gasteiger partial charge in [0.25, 0.3) is 0 Å². The molecule has 0 spiro atoms. The van der Waals surface area contributed by atoms with E-state index in [4.69, 9.17) is 0 Å². The van der Waals surface area contributed by atoms with Crippen LogP contribution >= 0.6 is 0 Å². The molecule has 100 valence electrons. The maximum absolute atomic E-state index is 12.8. The van der Waals surface area contributed by atoms with Gasteiger partial charge >= 0.3 is 0 Å². The summed E-state index contributed by atoms with van der Waals surface area (Å²) in [7, 11) is 0. The SMILES string of the molecule is CCC1(CO)CCN(Cc2ccc(F)cc2)CC1. The molecule has 2 rings (SSSR count). The first-order chi connectivity index (χ1) is 8.67. The Hall–Kier alpha value is -0.930.